The average molecular weight is 353 g/mol. The highest BCUT2D eigenvalue weighted by Crippen LogP contribution is 2.25. The molecular formula is C17H18Cl2N2S. The summed E-state index contributed by atoms with van der Waals surface area (Å²) in [7, 11) is 0. The van der Waals surface area contributed by atoms with E-state index in [4.69, 9.17) is 35.4 Å². The third-order valence-electron chi connectivity index (χ3n) is 3.56. The van der Waals surface area contributed by atoms with Crippen molar-refractivity contribution >= 4 is 46.2 Å². The Kier molecular flexibility index (Phi) is 5.68. The molecule has 2 nitrogen and oxygen atoms in total. The van der Waals surface area contributed by atoms with Gasteiger partial charge in [0.25, 0.3) is 0 Å². The molecular weight excluding hydrogens is 335 g/mol. The molecule has 0 radical (unpaired) electrons. The zero-order valence-corrected chi connectivity index (χ0v) is 15.0. The summed E-state index contributed by atoms with van der Waals surface area (Å²) in [5.74, 6) is 0. The Morgan fingerprint density at radius 1 is 1.05 bits per heavy atom. The first-order valence-corrected chi connectivity index (χ1v) is 8.13. The molecule has 0 fully saturated rings. The zero-order valence-electron chi connectivity index (χ0n) is 12.7. The summed E-state index contributed by atoms with van der Waals surface area (Å²) in [6.07, 6.45) is 0. The molecule has 2 N–H and O–H groups in total. The van der Waals surface area contributed by atoms with E-state index in [2.05, 4.69) is 49.6 Å². The van der Waals surface area contributed by atoms with E-state index in [0.29, 0.717) is 20.8 Å². The minimum atomic E-state index is 0.0947. The van der Waals surface area contributed by atoms with Gasteiger partial charge in [0.05, 0.1) is 16.8 Å². The molecule has 0 saturated heterocycles. The highest BCUT2D eigenvalue weighted by Gasteiger charge is 2.09. The van der Waals surface area contributed by atoms with Crippen LogP contribution in [0.2, 0.25) is 10.0 Å². The van der Waals surface area contributed by atoms with Crippen molar-refractivity contribution in [2.75, 3.05) is 5.32 Å². The quantitative estimate of drug-likeness (QED) is 0.697. The predicted octanol–water partition coefficient (Wildman–Crippen LogP) is 5.66. The van der Waals surface area contributed by atoms with Crippen LogP contribution in [0.4, 0.5) is 5.69 Å². The number of benzene rings is 2. The summed E-state index contributed by atoms with van der Waals surface area (Å²) in [4.78, 5) is 0. The first-order chi connectivity index (χ1) is 10.4. The van der Waals surface area contributed by atoms with Gasteiger partial charge in [0.15, 0.2) is 5.11 Å². The fourth-order valence-corrected chi connectivity index (χ4v) is 2.69. The van der Waals surface area contributed by atoms with Gasteiger partial charge in [0.2, 0.25) is 0 Å². The van der Waals surface area contributed by atoms with Crippen LogP contribution in [-0.4, -0.2) is 5.11 Å². The number of rotatable bonds is 3. The Bertz CT molecular complexity index is 701. The highest BCUT2D eigenvalue weighted by molar-refractivity contribution is 7.80. The van der Waals surface area contributed by atoms with E-state index in [-0.39, 0.29) is 6.04 Å². The van der Waals surface area contributed by atoms with Crippen molar-refractivity contribution in [1.29, 1.82) is 0 Å². The number of halogens is 2. The second kappa shape index (κ2) is 7.32. The van der Waals surface area contributed by atoms with E-state index >= 15 is 0 Å². The lowest BCUT2D eigenvalue weighted by molar-refractivity contribution is 0.721. The lowest BCUT2D eigenvalue weighted by atomic mass is 10.0. The molecule has 0 bridgehead atoms. The Hall–Kier alpha value is -1.29. The van der Waals surface area contributed by atoms with Crippen LogP contribution in [0, 0.1) is 13.8 Å². The van der Waals surface area contributed by atoms with E-state index in [9.17, 15) is 0 Å². The maximum atomic E-state index is 6.12. The molecule has 0 saturated carbocycles. The fourth-order valence-electron chi connectivity index (χ4n) is 2.07. The minimum Gasteiger partial charge on any atom is -0.356 e. The summed E-state index contributed by atoms with van der Waals surface area (Å²) < 4.78 is 0. The molecule has 0 aliphatic rings. The van der Waals surface area contributed by atoms with Gasteiger partial charge in [-0.1, -0.05) is 41.4 Å². The van der Waals surface area contributed by atoms with Crippen LogP contribution in [0.15, 0.2) is 36.4 Å². The average Bonchev–Trinajstić information content (AvgIpc) is 2.45. The monoisotopic (exact) mass is 352 g/mol. The number of aryl methyl sites for hydroxylation is 2. The van der Waals surface area contributed by atoms with E-state index in [1.807, 2.05) is 0 Å². The molecule has 5 heteroatoms. The van der Waals surface area contributed by atoms with E-state index in [1.165, 1.54) is 16.7 Å². The second-order valence-corrected chi connectivity index (χ2v) is 6.54. The summed E-state index contributed by atoms with van der Waals surface area (Å²) in [5, 5.41) is 8.03. The first kappa shape index (κ1) is 17.1. The van der Waals surface area contributed by atoms with Crippen molar-refractivity contribution in [1.82, 2.24) is 5.32 Å². The van der Waals surface area contributed by atoms with Crippen molar-refractivity contribution in [2.45, 2.75) is 26.8 Å². The summed E-state index contributed by atoms with van der Waals surface area (Å²) in [5.41, 5.74) is 4.42. The van der Waals surface area contributed by atoms with Crippen molar-refractivity contribution < 1.29 is 0 Å². The maximum Gasteiger partial charge on any atom is 0.171 e. The minimum absolute atomic E-state index is 0.0947. The standard InChI is InChI=1S/C17H18Cl2N2S/c1-10-4-5-13(8-11(10)2)12(3)20-17(22)21-16-9-14(18)6-7-15(16)19/h4-9,12H,1-3H3,(H2,20,21,22). The number of anilines is 1. The predicted molar refractivity (Wildman–Crippen MR) is 100 cm³/mol. The van der Waals surface area contributed by atoms with Gasteiger partial charge in [-0.25, -0.2) is 0 Å². The molecule has 0 amide bonds. The Morgan fingerprint density at radius 2 is 1.77 bits per heavy atom. The molecule has 0 spiro atoms. The van der Waals surface area contributed by atoms with Gasteiger partial charge >= 0.3 is 0 Å². The van der Waals surface area contributed by atoms with E-state index in [1.54, 1.807) is 18.2 Å². The normalized spacial score (nSPS) is 11.9. The molecule has 116 valence electrons. The summed E-state index contributed by atoms with van der Waals surface area (Å²) in [6, 6.07) is 11.7. The molecule has 0 aliphatic carbocycles. The van der Waals surface area contributed by atoms with Crippen molar-refractivity contribution in [3.63, 3.8) is 0 Å². The van der Waals surface area contributed by atoms with Gasteiger partial charge < -0.3 is 10.6 Å². The van der Waals surface area contributed by atoms with Crippen LogP contribution >= 0.6 is 35.4 Å². The Morgan fingerprint density at radius 3 is 2.45 bits per heavy atom. The maximum absolute atomic E-state index is 6.12. The summed E-state index contributed by atoms with van der Waals surface area (Å²) in [6.45, 7) is 6.27. The summed E-state index contributed by atoms with van der Waals surface area (Å²) >= 11 is 17.4. The molecule has 0 aromatic heterocycles. The van der Waals surface area contributed by atoms with Crippen molar-refractivity contribution in [2.24, 2.45) is 0 Å². The van der Waals surface area contributed by atoms with Crippen LogP contribution in [-0.2, 0) is 0 Å². The Balaban J connectivity index is 2.04. The largest absolute Gasteiger partial charge is 0.356 e. The van der Waals surface area contributed by atoms with Crippen LogP contribution in [0.25, 0.3) is 0 Å². The molecule has 0 heterocycles. The Labute approximate surface area is 146 Å². The van der Waals surface area contributed by atoms with Gasteiger partial charge in [-0.2, -0.15) is 0 Å². The number of hydrogen-bond acceptors (Lipinski definition) is 1. The molecule has 2 aromatic carbocycles. The van der Waals surface area contributed by atoms with E-state index < -0.39 is 0 Å². The number of thiocarbonyl (C=S) groups is 1. The zero-order chi connectivity index (χ0) is 16.3. The van der Waals surface area contributed by atoms with Crippen LogP contribution < -0.4 is 10.6 Å². The second-order valence-electron chi connectivity index (χ2n) is 5.29. The van der Waals surface area contributed by atoms with Gasteiger partial charge in [-0.15, -0.1) is 0 Å². The molecule has 1 unspecified atom stereocenters. The third kappa shape index (κ3) is 4.35. The van der Waals surface area contributed by atoms with Crippen LogP contribution in [0.5, 0.6) is 0 Å². The number of hydrogen-bond donors (Lipinski definition) is 2. The molecule has 2 rings (SSSR count). The lowest BCUT2D eigenvalue weighted by Gasteiger charge is -2.19. The van der Waals surface area contributed by atoms with Crippen LogP contribution in [0.3, 0.4) is 0 Å². The molecule has 22 heavy (non-hydrogen) atoms. The highest BCUT2D eigenvalue weighted by atomic mass is 35.5. The third-order valence-corrected chi connectivity index (χ3v) is 4.34. The van der Waals surface area contributed by atoms with Crippen molar-refractivity contribution in [3.05, 3.63) is 63.1 Å². The van der Waals surface area contributed by atoms with Gasteiger partial charge in [-0.05, 0) is 67.9 Å². The molecule has 1 atom stereocenters. The molecule has 0 aliphatic heterocycles. The van der Waals surface area contributed by atoms with E-state index in [0.717, 1.165) is 0 Å². The fraction of sp³-hybridized carbons (Fsp3) is 0.235. The van der Waals surface area contributed by atoms with Gasteiger partial charge in [0.1, 0.15) is 0 Å². The number of nitrogens with one attached hydrogen (secondary N) is 2. The van der Waals surface area contributed by atoms with Crippen molar-refractivity contribution in [3.8, 4) is 0 Å². The smallest absolute Gasteiger partial charge is 0.171 e. The van der Waals surface area contributed by atoms with Crippen LogP contribution in [0.1, 0.15) is 29.7 Å². The van der Waals surface area contributed by atoms with Gasteiger partial charge in [0, 0.05) is 5.02 Å². The lowest BCUT2D eigenvalue weighted by Crippen LogP contribution is -2.31. The van der Waals surface area contributed by atoms with Gasteiger partial charge in [-0.3, -0.25) is 0 Å². The SMILES string of the molecule is Cc1ccc(C(C)NC(=S)Nc2cc(Cl)ccc2Cl)cc1C. The first-order valence-electron chi connectivity index (χ1n) is 6.96. The molecule has 2 aromatic rings. The topological polar surface area (TPSA) is 24.1 Å².